The van der Waals surface area contributed by atoms with Crippen LogP contribution >= 0.6 is 0 Å². The summed E-state index contributed by atoms with van der Waals surface area (Å²) in [6.07, 6.45) is -0.478. The highest BCUT2D eigenvalue weighted by atomic mass is 17.0. The number of ether oxygens (including phenoxy) is 3. The lowest BCUT2D eigenvalue weighted by Crippen LogP contribution is -2.43. The van der Waals surface area contributed by atoms with Crippen LogP contribution in [0, 0.1) is 42.7 Å². The van der Waals surface area contributed by atoms with Gasteiger partial charge in [0.25, 0.3) is 15.3 Å². The first-order valence-corrected chi connectivity index (χ1v) is 12.7. The maximum absolute atomic E-state index is 12.5. The van der Waals surface area contributed by atoms with Gasteiger partial charge in [0.05, 0.1) is 5.41 Å². The van der Waals surface area contributed by atoms with Gasteiger partial charge in [-0.3, -0.25) is 9.59 Å². The summed E-state index contributed by atoms with van der Waals surface area (Å²) < 4.78 is 16.4. The molecule has 1 aromatic rings. The van der Waals surface area contributed by atoms with E-state index in [2.05, 4.69) is 14.5 Å². The van der Waals surface area contributed by atoms with E-state index in [0.717, 1.165) is 12.1 Å². The Morgan fingerprint density at radius 2 is 1.38 bits per heavy atom. The van der Waals surface area contributed by atoms with E-state index >= 15 is 0 Å². The lowest BCUT2D eigenvalue weighted by atomic mass is 9.92. The van der Waals surface area contributed by atoms with E-state index in [1.54, 1.807) is 19.1 Å². The molecule has 42 heavy (non-hydrogen) atoms. The van der Waals surface area contributed by atoms with Gasteiger partial charge >= 0.3 is 11.9 Å². The molecule has 0 aliphatic carbocycles. The van der Waals surface area contributed by atoms with E-state index in [9.17, 15) is 39.9 Å². The smallest absolute Gasteiger partial charge is 0.311 e. The van der Waals surface area contributed by atoms with Crippen LogP contribution in [0.15, 0.2) is 12.1 Å². The first kappa shape index (κ1) is 35.5. The molecule has 0 spiro atoms. The standard InChI is InChI=1S/C24H36N4O14/c1-17(2)19-12-20(18(3)11-21(19)37-10-9-25(4)5)42-23(30)8-6-7-22(29)38-13-24(14-39-26(31)32,15-40-27(33)34)16-41-28(35)36/h11-12,17H,6-10,13-16H2,1-5H3. The number of carbonyl (C=O) groups excluding carboxylic acids is 2. The molecule has 1 aromatic carbocycles. The first-order chi connectivity index (χ1) is 19.6. The lowest BCUT2D eigenvalue weighted by molar-refractivity contribution is -0.782. The second-order valence-corrected chi connectivity index (χ2v) is 9.94. The number of esters is 2. The molecule has 0 radical (unpaired) electrons. The molecule has 0 unspecified atom stereocenters. The fourth-order valence-electron chi connectivity index (χ4n) is 3.38. The molecule has 0 fully saturated rings. The van der Waals surface area contributed by atoms with Crippen LogP contribution in [0.5, 0.6) is 11.5 Å². The Morgan fingerprint density at radius 3 is 1.86 bits per heavy atom. The predicted octanol–water partition coefficient (Wildman–Crippen LogP) is 2.29. The zero-order valence-electron chi connectivity index (χ0n) is 24.1. The van der Waals surface area contributed by atoms with Crippen molar-refractivity contribution >= 4 is 11.9 Å². The summed E-state index contributed by atoms with van der Waals surface area (Å²) in [4.78, 5) is 71.2. The average Bonchev–Trinajstić information content (AvgIpc) is 2.88. The lowest BCUT2D eigenvalue weighted by Gasteiger charge is -2.29. The number of aryl methyl sites for hydroxylation is 1. The molecule has 0 aliphatic heterocycles. The van der Waals surface area contributed by atoms with Crippen LogP contribution in [0.3, 0.4) is 0 Å². The maximum Gasteiger partial charge on any atom is 0.311 e. The van der Waals surface area contributed by atoms with Crippen molar-refractivity contribution in [2.45, 2.75) is 46.0 Å². The molecule has 0 bridgehead atoms. The first-order valence-electron chi connectivity index (χ1n) is 12.7. The van der Waals surface area contributed by atoms with Crippen LogP contribution in [-0.2, 0) is 28.8 Å². The highest BCUT2D eigenvalue weighted by Gasteiger charge is 2.37. The largest absolute Gasteiger partial charge is 0.492 e. The molecule has 18 heteroatoms. The van der Waals surface area contributed by atoms with Gasteiger partial charge in [-0.25, -0.2) is 0 Å². The summed E-state index contributed by atoms with van der Waals surface area (Å²) in [6.45, 7) is 3.20. The normalized spacial score (nSPS) is 11.1. The van der Waals surface area contributed by atoms with Crippen LogP contribution in [0.4, 0.5) is 0 Å². The number of rotatable bonds is 21. The number of hydrogen-bond donors (Lipinski definition) is 0. The second kappa shape index (κ2) is 17.4. The van der Waals surface area contributed by atoms with E-state index < -0.39 is 59.0 Å². The molecule has 0 aliphatic rings. The minimum Gasteiger partial charge on any atom is -0.492 e. The summed E-state index contributed by atoms with van der Waals surface area (Å²) in [5, 5.41) is 28.2. The van der Waals surface area contributed by atoms with Gasteiger partial charge in [-0.05, 0) is 51.1 Å². The zero-order valence-corrected chi connectivity index (χ0v) is 24.1. The van der Waals surface area contributed by atoms with Crippen LogP contribution in [0.25, 0.3) is 0 Å². The molecule has 0 aromatic heterocycles. The number of likely N-dealkylation sites (N-methyl/N-ethyl adjacent to an activating group) is 1. The number of carbonyl (C=O) groups is 2. The molecule has 236 valence electrons. The van der Waals surface area contributed by atoms with Crippen LogP contribution in [-0.4, -0.2) is 85.8 Å². The summed E-state index contributed by atoms with van der Waals surface area (Å²) in [5.41, 5.74) is -0.429. The Bertz CT molecular complexity index is 1050. The molecule has 18 nitrogen and oxygen atoms in total. The minimum absolute atomic E-state index is 0.00528. The number of nitrogens with zero attached hydrogens (tertiary/aromatic N) is 4. The summed E-state index contributed by atoms with van der Waals surface area (Å²) >= 11 is 0. The highest BCUT2D eigenvalue weighted by molar-refractivity contribution is 5.74. The number of hydrogen-bond acceptors (Lipinski definition) is 15. The Hall–Kier alpha value is -4.48. The Balaban J connectivity index is 2.76. The highest BCUT2D eigenvalue weighted by Crippen LogP contribution is 2.33. The SMILES string of the molecule is Cc1cc(OCCN(C)C)c(C(C)C)cc1OC(=O)CCCC(=O)OCC(CO[N+](=O)[O-])(CO[N+](=O)[O-])CO[N+](=O)[O-]. The van der Waals surface area contributed by atoms with Gasteiger partial charge in [-0.15, -0.1) is 30.3 Å². The van der Waals surface area contributed by atoms with Gasteiger partial charge in [0.1, 0.15) is 44.5 Å². The molecule has 0 saturated carbocycles. The summed E-state index contributed by atoms with van der Waals surface area (Å²) in [6, 6.07) is 3.54. The maximum atomic E-state index is 12.5. The summed E-state index contributed by atoms with van der Waals surface area (Å²) in [7, 11) is 3.87. The Labute approximate surface area is 241 Å². The van der Waals surface area contributed by atoms with Gasteiger partial charge < -0.3 is 33.6 Å². The van der Waals surface area contributed by atoms with Crippen LogP contribution < -0.4 is 9.47 Å². The molecule has 1 rings (SSSR count). The van der Waals surface area contributed by atoms with Crippen molar-refractivity contribution in [3.63, 3.8) is 0 Å². The molecular formula is C24H36N4O14. The average molecular weight is 605 g/mol. The molecular weight excluding hydrogens is 568 g/mol. The van der Waals surface area contributed by atoms with Crippen molar-refractivity contribution in [1.29, 1.82) is 0 Å². The molecule has 0 saturated heterocycles. The topological polar surface area (TPSA) is 222 Å². The fourth-order valence-corrected chi connectivity index (χ4v) is 3.38. The fraction of sp³-hybridized carbons (Fsp3) is 0.667. The van der Waals surface area contributed by atoms with Gasteiger partial charge in [-0.1, -0.05) is 13.8 Å². The zero-order chi connectivity index (χ0) is 31.9. The van der Waals surface area contributed by atoms with Crippen molar-refractivity contribution < 1.29 is 53.6 Å². The van der Waals surface area contributed by atoms with Crippen molar-refractivity contribution in [3.8, 4) is 11.5 Å². The number of benzene rings is 1. The molecule has 0 N–H and O–H groups in total. The second-order valence-electron chi connectivity index (χ2n) is 9.94. The monoisotopic (exact) mass is 604 g/mol. The molecule has 0 amide bonds. The van der Waals surface area contributed by atoms with E-state index in [1.807, 2.05) is 32.8 Å². The van der Waals surface area contributed by atoms with E-state index in [0.29, 0.717) is 23.7 Å². The molecule has 0 atom stereocenters. The summed E-state index contributed by atoms with van der Waals surface area (Å²) in [5.74, 6) is -0.388. The van der Waals surface area contributed by atoms with Gasteiger partial charge in [0.2, 0.25) is 0 Å². The van der Waals surface area contributed by atoms with Gasteiger partial charge in [0, 0.05) is 24.9 Å². The third kappa shape index (κ3) is 13.7. The van der Waals surface area contributed by atoms with Crippen LogP contribution in [0.1, 0.15) is 50.2 Å². The van der Waals surface area contributed by atoms with E-state index in [1.165, 1.54) is 0 Å². The van der Waals surface area contributed by atoms with Crippen molar-refractivity contribution in [2.75, 3.05) is 53.7 Å². The van der Waals surface area contributed by atoms with Crippen molar-refractivity contribution in [3.05, 3.63) is 53.6 Å². The van der Waals surface area contributed by atoms with E-state index in [-0.39, 0.29) is 25.2 Å². The Morgan fingerprint density at radius 1 is 0.857 bits per heavy atom. The van der Waals surface area contributed by atoms with Gasteiger partial charge in [0.15, 0.2) is 0 Å². The van der Waals surface area contributed by atoms with E-state index in [4.69, 9.17) is 14.2 Å². The van der Waals surface area contributed by atoms with Gasteiger partial charge in [-0.2, -0.15) is 0 Å². The third-order valence-electron chi connectivity index (χ3n) is 5.68. The van der Waals surface area contributed by atoms with Crippen LogP contribution in [0.2, 0.25) is 0 Å². The quantitative estimate of drug-likeness (QED) is 0.0849. The van der Waals surface area contributed by atoms with Crippen molar-refractivity contribution in [2.24, 2.45) is 5.41 Å². The molecule has 0 heterocycles. The third-order valence-corrected chi connectivity index (χ3v) is 5.68. The predicted molar refractivity (Wildman–Crippen MR) is 141 cm³/mol. The minimum atomic E-state index is -1.96. The van der Waals surface area contributed by atoms with Crippen molar-refractivity contribution in [1.82, 2.24) is 4.90 Å². The Kier molecular flexibility index (Phi) is 14.7.